The lowest BCUT2D eigenvalue weighted by Gasteiger charge is -2.32. The van der Waals surface area contributed by atoms with Gasteiger partial charge in [-0.3, -0.25) is 14.5 Å². The number of rotatable bonds is 7. The van der Waals surface area contributed by atoms with Crippen LogP contribution >= 0.6 is 0 Å². The monoisotopic (exact) mass is 545 g/mol. The molecule has 1 saturated heterocycles. The molecule has 0 unspecified atom stereocenters. The summed E-state index contributed by atoms with van der Waals surface area (Å²) in [6, 6.07) is 10.9. The van der Waals surface area contributed by atoms with E-state index in [1.165, 1.54) is 19.2 Å². The Balaban J connectivity index is 1.61. The van der Waals surface area contributed by atoms with Gasteiger partial charge in [0.1, 0.15) is 0 Å². The van der Waals surface area contributed by atoms with Crippen molar-refractivity contribution >= 4 is 40.3 Å². The van der Waals surface area contributed by atoms with Crippen molar-refractivity contribution in [3.63, 3.8) is 0 Å². The van der Waals surface area contributed by atoms with Crippen molar-refractivity contribution in [2.45, 2.75) is 6.42 Å². The number of esters is 1. The zero-order valence-corrected chi connectivity index (χ0v) is 22.3. The Labute approximate surface area is 244 Å². The Hall–Kier alpha value is -4.27. The molecule has 0 saturated carbocycles. The number of methoxy groups -OCH3 is 1. The van der Waals surface area contributed by atoms with Crippen LogP contribution in [0.2, 0.25) is 0 Å². The van der Waals surface area contributed by atoms with Crippen LogP contribution < -0.4 is 10.2 Å². The van der Waals surface area contributed by atoms with E-state index in [9.17, 15) is 14.4 Å². The number of likely N-dealkylation sites (N-methyl/N-ethyl adjacent to an activating group) is 2. The van der Waals surface area contributed by atoms with E-state index in [4.69, 9.17) is 14.3 Å². The van der Waals surface area contributed by atoms with E-state index in [0.717, 1.165) is 0 Å². The molecule has 5 rings (SSSR count). The number of benzene rings is 3. The van der Waals surface area contributed by atoms with E-state index >= 15 is 0 Å². The van der Waals surface area contributed by atoms with E-state index in [-0.39, 0.29) is 29.7 Å². The Kier molecular flexibility index (Phi) is 5.85. The maximum Gasteiger partial charge on any atom is 0.337 e. The minimum atomic E-state index is -3.08. The normalized spacial score (nSPS) is 19.6. The number of amides is 2. The largest absolute Gasteiger partial charge is 0.465 e. The van der Waals surface area contributed by atoms with Gasteiger partial charge in [0.2, 0.25) is 5.91 Å². The number of carbonyl (C=O) groups is 3. The molecule has 1 fully saturated rings. The van der Waals surface area contributed by atoms with E-state index in [1.54, 1.807) is 41.3 Å². The number of ether oxygens (including phenoxy) is 1. The van der Waals surface area contributed by atoms with Crippen molar-refractivity contribution in [3.05, 3.63) is 95.0 Å². The Morgan fingerprint density at radius 3 is 2.42 bits per heavy atom. The molecule has 206 valence electrons. The van der Waals surface area contributed by atoms with Crippen LogP contribution in [0.1, 0.15) is 36.6 Å². The lowest BCUT2D eigenvalue weighted by atomic mass is 9.90. The molecule has 40 heavy (non-hydrogen) atoms. The molecular formula is C32H34N4O4. The molecule has 3 aromatic carbocycles. The lowest BCUT2D eigenvalue weighted by Crippen LogP contribution is -2.48. The van der Waals surface area contributed by atoms with Crippen molar-refractivity contribution in [2.24, 2.45) is 0 Å². The van der Waals surface area contributed by atoms with Gasteiger partial charge in [-0.2, -0.15) is 0 Å². The smallest absolute Gasteiger partial charge is 0.337 e. The number of allylic oxidation sites excluding steroid dienone is 1. The fraction of sp³-hybridized carbons (Fsp3) is 0.281. The minimum absolute atomic E-state index is 0.0838. The fourth-order valence-corrected chi connectivity index (χ4v) is 4.79. The first-order chi connectivity index (χ1) is 22.2. The molecule has 2 amide bonds. The molecule has 0 atom stereocenters. The van der Waals surface area contributed by atoms with Crippen molar-refractivity contribution in [1.82, 2.24) is 9.80 Å². The first kappa shape index (κ1) is 19.7. The molecule has 2 heterocycles. The highest BCUT2D eigenvalue weighted by Gasteiger charge is 2.29. The van der Waals surface area contributed by atoms with E-state index in [0.29, 0.717) is 53.5 Å². The Morgan fingerprint density at radius 1 is 1.02 bits per heavy atom. The van der Waals surface area contributed by atoms with Crippen molar-refractivity contribution in [2.75, 3.05) is 64.1 Å². The standard InChI is InChI=1S/C32H34N4O4/c1-34-15-17-36(18-16-34)21-29(37)35(2)25-12-9-22(10-13-25)19-27(23-7-5-4-6-8-23)30-26-14-11-24(32(39)40-3)20-28(26)33-31(30)38/h4-14,20H,15-19,21H2,1-3H3,(H,33,38)/b30-27+/i2D3,9D,10D,12D,13D. The second-order valence-electron chi connectivity index (χ2n) is 9.74. The molecule has 3 aromatic rings. The van der Waals surface area contributed by atoms with Crippen molar-refractivity contribution in [1.29, 1.82) is 0 Å². The highest BCUT2D eigenvalue weighted by atomic mass is 16.5. The van der Waals surface area contributed by atoms with Crippen LogP contribution in [0.3, 0.4) is 0 Å². The topological polar surface area (TPSA) is 82.2 Å². The summed E-state index contributed by atoms with van der Waals surface area (Å²) in [4.78, 5) is 43.3. The molecular weight excluding hydrogens is 504 g/mol. The fourth-order valence-electron chi connectivity index (χ4n) is 4.79. The summed E-state index contributed by atoms with van der Waals surface area (Å²) >= 11 is 0. The predicted molar refractivity (Wildman–Crippen MR) is 157 cm³/mol. The number of fused-ring (bicyclic) bond motifs is 1. The third-order valence-corrected chi connectivity index (χ3v) is 7.05. The van der Waals surface area contributed by atoms with E-state index in [2.05, 4.69) is 10.2 Å². The molecule has 0 spiro atoms. The highest BCUT2D eigenvalue weighted by molar-refractivity contribution is 6.37. The molecule has 0 bridgehead atoms. The number of nitrogens with one attached hydrogen (secondary N) is 1. The van der Waals surface area contributed by atoms with Crippen LogP contribution in [0.5, 0.6) is 0 Å². The lowest BCUT2D eigenvalue weighted by molar-refractivity contribution is -0.119. The van der Waals surface area contributed by atoms with Crippen LogP contribution in [0.4, 0.5) is 11.4 Å². The summed E-state index contributed by atoms with van der Waals surface area (Å²) < 4.78 is 64.6. The molecule has 0 aliphatic carbocycles. The van der Waals surface area contributed by atoms with Gasteiger partial charge < -0.3 is 19.9 Å². The minimum Gasteiger partial charge on any atom is -0.465 e. The van der Waals surface area contributed by atoms with Gasteiger partial charge in [-0.25, -0.2) is 4.79 Å². The molecule has 8 heteroatoms. The van der Waals surface area contributed by atoms with E-state index in [1.807, 2.05) is 7.05 Å². The summed E-state index contributed by atoms with van der Waals surface area (Å²) in [6.07, 6.45) is -0.232. The number of nitrogens with zero attached hydrogens (tertiary/aromatic N) is 3. The van der Waals surface area contributed by atoms with Gasteiger partial charge in [0.25, 0.3) is 5.91 Å². The van der Waals surface area contributed by atoms with Crippen molar-refractivity contribution in [3.8, 4) is 0 Å². The van der Waals surface area contributed by atoms with Gasteiger partial charge in [-0.05, 0) is 54.4 Å². The number of carbonyl (C=O) groups excluding carboxylic acids is 3. The van der Waals surface area contributed by atoms with Crippen LogP contribution in [-0.4, -0.2) is 81.4 Å². The molecule has 2 aliphatic heterocycles. The highest BCUT2D eigenvalue weighted by Crippen LogP contribution is 2.39. The molecule has 0 aromatic heterocycles. The summed E-state index contributed by atoms with van der Waals surface area (Å²) in [6.45, 7) is -0.910. The zero-order valence-electron chi connectivity index (χ0n) is 29.3. The second-order valence-corrected chi connectivity index (χ2v) is 9.74. The first-order valence-electron chi connectivity index (χ1n) is 16.4. The van der Waals surface area contributed by atoms with Gasteiger partial charge in [0.05, 0.1) is 30.3 Å². The van der Waals surface area contributed by atoms with Gasteiger partial charge >= 0.3 is 5.97 Å². The van der Waals surface area contributed by atoms with Crippen molar-refractivity contribution < 1.29 is 28.7 Å². The van der Waals surface area contributed by atoms with Gasteiger partial charge in [0, 0.05) is 54.2 Å². The molecule has 0 radical (unpaired) electrons. The molecule has 2 aliphatic rings. The van der Waals surface area contributed by atoms with Crippen LogP contribution in [0.25, 0.3) is 11.1 Å². The third-order valence-electron chi connectivity index (χ3n) is 7.05. The van der Waals surface area contributed by atoms with Crippen LogP contribution in [-0.2, 0) is 20.7 Å². The SMILES string of the molecule is [2H]c1c([2H])c(N(C(=O)CN2CCN(C)CC2)C([2H])([2H])[2H])c([2H])c([2H])c1C/C(=C1\C(=O)Nc2cc(C(=O)OC)ccc21)c1ccccc1. The van der Waals surface area contributed by atoms with Crippen LogP contribution in [0.15, 0.2) is 72.7 Å². The quantitative estimate of drug-likeness (QED) is 0.360. The van der Waals surface area contributed by atoms with E-state index < -0.39 is 54.6 Å². The number of piperazine rings is 1. The summed E-state index contributed by atoms with van der Waals surface area (Å²) in [5.41, 5.74) is 1.53. The Bertz CT molecular complexity index is 1740. The van der Waals surface area contributed by atoms with Gasteiger partial charge in [-0.15, -0.1) is 0 Å². The number of hydrogen-bond donors (Lipinski definition) is 1. The number of hydrogen-bond acceptors (Lipinski definition) is 6. The summed E-state index contributed by atoms with van der Waals surface area (Å²) in [7, 11) is 3.19. The number of anilines is 2. The third kappa shape index (κ3) is 5.83. The second kappa shape index (κ2) is 11.9. The summed E-state index contributed by atoms with van der Waals surface area (Å²) in [5, 5.41) is 2.76. The molecule has 8 nitrogen and oxygen atoms in total. The predicted octanol–water partition coefficient (Wildman–Crippen LogP) is 3.79. The first-order valence-corrected chi connectivity index (χ1v) is 12.9. The summed E-state index contributed by atoms with van der Waals surface area (Å²) in [5.74, 6) is -1.93. The maximum absolute atomic E-state index is 13.5. The average Bonchev–Trinajstić information content (AvgIpc) is 3.37. The van der Waals surface area contributed by atoms with Gasteiger partial charge in [-0.1, -0.05) is 48.5 Å². The van der Waals surface area contributed by atoms with Crippen LogP contribution in [0, 0.1) is 0 Å². The van der Waals surface area contributed by atoms with Gasteiger partial charge in [0.15, 0.2) is 0 Å². The molecule has 1 N–H and O–H groups in total. The Morgan fingerprint density at radius 2 is 1.75 bits per heavy atom. The maximum atomic E-state index is 13.5. The average molecular weight is 546 g/mol. The zero-order chi connectivity index (χ0) is 34.2.